The van der Waals surface area contributed by atoms with Gasteiger partial charge >= 0.3 is 0 Å². The number of amides is 1. The molecule has 5 heteroatoms. The molecule has 2 rings (SSSR count). The standard InChI is InChI=1S/C18H27FN2O2/c1-13(2)23-11-10-21-8-6-16(7-9-21)20-18(22)17-12-15(19)5-4-14(17)3/h4-5,12-13,16H,6-11H2,1-3H3,(H,20,22). The normalized spacial score (nSPS) is 16.7. The Balaban J connectivity index is 1.77. The lowest BCUT2D eigenvalue weighted by Gasteiger charge is -2.32. The summed E-state index contributed by atoms with van der Waals surface area (Å²) in [7, 11) is 0. The zero-order valence-electron chi connectivity index (χ0n) is 14.3. The van der Waals surface area contributed by atoms with Crippen LogP contribution in [0.3, 0.4) is 0 Å². The van der Waals surface area contributed by atoms with E-state index in [9.17, 15) is 9.18 Å². The van der Waals surface area contributed by atoms with Crippen LogP contribution in [0.25, 0.3) is 0 Å². The van der Waals surface area contributed by atoms with Gasteiger partial charge in [0, 0.05) is 31.2 Å². The summed E-state index contributed by atoms with van der Waals surface area (Å²) >= 11 is 0. The predicted octanol–water partition coefficient (Wildman–Crippen LogP) is 2.75. The minimum Gasteiger partial charge on any atom is -0.377 e. The highest BCUT2D eigenvalue weighted by atomic mass is 19.1. The first-order valence-electron chi connectivity index (χ1n) is 8.36. The molecule has 1 N–H and O–H groups in total. The molecule has 0 spiro atoms. The number of ether oxygens (including phenoxy) is 1. The number of aryl methyl sites for hydroxylation is 1. The monoisotopic (exact) mass is 322 g/mol. The fourth-order valence-electron chi connectivity index (χ4n) is 2.82. The number of rotatable bonds is 6. The van der Waals surface area contributed by atoms with Crippen molar-refractivity contribution in [1.82, 2.24) is 10.2 Å². The molecule has 1 aromatic carbocycles. The summed E-state index contributed by atoms with van der Waals surface area (Å²) in [5.41, 5.74) is 1.23. The second-order valence-corrected chi connectivity index (χ2v) is 6.47. The van der Waals surface area contributed by atoms with Gasteiger partial charge < -0.3 is 15.0 Å². The molecule has 1 saturated heterocycles. The van der Waals surface area contributed by atoms with Crippen LogP contribution in [0, 0.1) is 12.7 Å². The van der Waals surface area contributed by atoms with E-state index in [2.05, 4.69) is 10.2 Å². The molecule has 0 aliphatic carbocycles. The van der Waals surface area contributed by atoms with E-state index in [4.69, 9.17) is 4.74 Å². The van der Waals surface area contributed by atoms with Crippen molar-refractivity contribution in [1.29, 1.82) is 0 Å². The van der Waals surface area contributed by atoms with Crippen molar-refractivity contribution in [3.05, 3.63) is 35.1 Å². The summed E-state index contributed by atoms with van der Waals surface area (Å²) in [5, 5.41) is 3.03. The molecule has 1 fully saturated rings. The van der Waals surface area contributed by atoms with Crippen LogP contribution in [0.5, 0.6) is 0 Å². The highest BCUT2D eigenvalue weighted by Crippen LogP contribution is 2.14. The second kappa shape index (κ2) is 8.41. The molecule has 4 nitrogen and oxygen atoms in total. The summed E-state index contributed by atoms with van der Waals surface area (Å²) in [6, 6.07) is 4.49. The molecule has 0 radical (unpaired) electrons. The maximum Gasteiger partial charge on any atom is 0.251 e. The van der Waals surface area contributed by atoms with Gasteiger partial charge in [-0.05, 0) is 51.3 Å². The van der Waals surface area contributed by atoms with Crippen LogP contribution in [-0.4, -0.2) is 49.2 Å². The number of carbonyl (C=O) groups excluding carboxylic acids is 1. The number of piperidine rings is 1. The van der Waals surface area contributed by atoms with Crippen molar-refractivity contribution in [2.24, 2.45) is 0 Å². The van der Waals surface area contributed by atoms with Gasteiger partial charge in [-0.1, -0.05) is 6.07 Å². The van der Waals surface area contributed by atoms with Gasteiger partial charge in [0.2, 0.25) is 0 Å². The molecule has 1 aliphatic heterocycles. The van der Waals surface area contributed by atoms with E-state index in [1.54, 1.807) is 6.07 Å². The number of halogens is 1. The molecular weight excluding hydrogens is 295 g/mol. The van der Waals surface area contributed by atoms with Gasteiger partial charge in [-0.3, -0.25) is 4.79 Å². The number of hydrogen-bond donors (Lipinski definition) is 1. The zero-order valence-corrected chi connectivity index (χ0v) is 14.3. The number of carbonyl (C=O) groups is 1. The highest BCUT2D eigenvalue weighted by Gasteiger charge is 2.21. The van der Waals surface area contributed by atoms with Gasteiger partial charge in [-0.15, -0.1) is 0 Å². The molecule has 0 bridgehead atoms. The lowest BCUT2D eigenvalue weighted by molar-refractivity contribution is 0.0520. The first-order chi connectivity index (χ1) is 11.0. The van der Waals surface area contributed by atoms with E-state index in [0.717, 1.165) is 44.6 Å². The number of benzene rings is 1. The van der Waals surface area contributed by atoms with Crippen molar-refractivity contribution in [3.63, 3.8) is 0 Å². The molecule has 1 aliphatic rings. The Labute approximate surface area is 138 Å². The quantitative estimate of drug-likeness (QED) is 0.875. The Morgan fingerprint density at radius 2 is 2.09 bits per heavy atom. The lowest BCUT2D eigenvalue weighted by atomic mass is 10.0. The van der Waals surface area contributed by atoms with Gasteiger partial charge in [0.1, 0.15) is 5.82 Å². The third-order valence-corrected chi connectivity index (χ3v) is 4.23. The molecule has 0 atom stereocenters. The predicted molar refractivity (Wildman–Crippen MR) is 89.2 cm³/mol. The van der Waals surface area contributed by atoms with Crippen molar-refractivity contribution in [2.45, 2.75) is 45.8 Å². The van der Waals surface area contributed by atoms with Gasteiger partial charge in [0.05, 0.1) is 12.7 Å². The van der Waals surface area contributed by atoms with Gasteiger partial charge in [0.15, 0.2) is 0 Å². The summed E-state index contributed by atoms with van der Waals surface area (Å²) in [6.07, 6.45) is 2.10. The van der Waals surface area contributed by atoms with Crippen molar-refractivity contribution in [3.8, 4) is 0 Å². The molecule has 23 heavy (non-hydrogen) atoms. The molecule has 1 heterocycles. The van der Waals surface area contributed by atoms with Gasteiger partial charge in [-0.2, -0.15) is 0 Å². The fourth-order valence-corrected chi connectivity index (χ4v) is 2.82. The largest absolute Gasteiger partial charge is 0.377 e. The number of hydrogen-bond acceptors (Lipinski definition) is 3. The van der Waals surface area contributed by atoms with Crippen molar-refractivity contribution in [2.75, 3.05) is 26.2 Å². The number of nitrogens with one attached hydrogen (secondary N) is 1. The Hall–Kier alpha value is -1.46. The third kappa shape index (κ3) is 5.59. The average Bonchev–Trinajstić information content (AvgIpc) is 2.51. The summed E-state index contributed by atoms with van der Waals surface area (Å²) in [6.45, 7) is 9.49. The van der Waals surface area contributed by atoms with Crippen LogP contribution in [0.15, 0.2) is 18.2 Å². The number of likely N-dealkylation sites (tertiary alicyclic amines) is 1. The SMILES string of the molecule is Cc1ccc(F)cc1C(=O)NC1CCN(CCOC(C)C)CC1. The van der Waals surface area contributed by atoms with E-state index < -0.39 is 0 Å². The minimum absolute atomic E-state index is 0.160. The van der Waals surface area contributed by atoms with Gasteiger partial charge in [-0.25, -0.2) is 4.39 Å². The molecule has 1 amide bonds. The van der Waals surface area contributed by atoms with Crippen LogP contribution in [0.2, 0.25) is 0 Å². The molecule has 0 aromatic heterocycles. The van der Waals surface area contributed by atoms with E-state index in [-0.39, 0.29) is 23.9 Å². The van der Waals surface area contributed by atoms with Crippen LogP contribution < -0.4 is 5.32 Å². The van der Waals surface area contributed by atoms with Crippen molar-refractivity contribution >= 4 is 5.91 Å². The maximum absolute atomic E-state index is 13.3. The first-order valence-corrected chi connectivity index (χ1v) is 8.36. The molecule has 0 unspecified atom stereocenters. The number of nitrogens with zero attached hydrogens (tertiary/aromatic N) is 1. The van der Waals surface area contributed by atoms with E-state index in [1.165, 1.54) is 12.1 Å². The lowest BCUT2D eigenvalue weighted by Crippen LogP contribution is -2.45. The fraction of sp³-hybridized carbons (Fsp3) is 0.611. The highest BCUT2D eigenvalue weighted by molar-refractivity contribution is 5.95. The maximum atomic E-state index is 13.3. The van der Waals surface area contributed by atoms with E-state index in [1.807, 2.05) is 20.8 Å². The summed E-state index contributed by atoms with van der Waals surface area (Å²) in [4.78, 5) is 14.7. The minimum atomic E-state index is -0.374. The zero-order chi connectivity index (χ0) is 16.8. The van der Waals surface area contributed by atoms with E-state index >= 15 is 0 Å². The Morgan fingerprint density at radius 1 is 1.39 bits per heavy atom. The van der Waals surface area contributed by atoms with Crippen LogP contribution in [0.4, 0.5) is 4.39 Å². The van der Waals surface area contributed by atoms with Crippen LogP contribution in [-0.2, 0) is 4.74 Å². The molecule has 1 aromatic rings. The summed E-state index contributed by atoms with van der Waals surface area (Å²) < 4.78 is 18.9. The first kappa shape index (κ1) is 17.9. The third-order valence-electron chi connectivity index (χ3n) is 4.23. The van der Waals surface area contributed by atoms with Crippen LogP contribution >= 0.6 is 0 Å². The molecule has 0 saturated carbocycles. The summed E-state index contributed by atoms with van der Waals surface area (Å²) in [5.74, 6) is -0.552. The smallest absolute Gasteiger partial charge is 0.251 e. The molecular formula is C18H27FN2O2. The van der Waals surface area contributed by atoms with E-state index in [0.29, 0.717) is 5.56 Å². The average molecular weight is 322 g/mol. The van der Waals surface area contributed by atoms with Gasteiger partial charge in [0.25, 0.3) is 5.91 Å². The topological polar surface area (TPSA) is 41.6 Å². The molecule has 128 valence electrons. The second-order valence-electron chi connectivity index (χ2n) is 6.47. The Kier molecular flexibility index (Phi) is 6.54. The van der Waals surface area contributed by atoms with Crippen LogP contribution in [0.1, 0.15) is 42.6 Å². The Bertz CT molecular complexity index is 526. The Morgan fingerprint density at radius 3 is 2.74 bits per heavy atom. The van der Waals surface area contributed by atoms with Crippen molar-refractivity contribution < 1.29 is 13.9 Å².